The molecule has 1 saturated carbocycles. The van der Waals surface area contributed by atoms with Crippen molar-refractivity contribution in [3.8, 4) is 0 Å². The molecule has 1 aromatic carbocycles. The first-order valence-corrected chi connectivity index (χ1v) is 10.1. The van der Waals surface area contributed by atoms with E-state index in [0.717, 1.165) is 44.6 Å². The third-order valence-corrected chi connectivity index (χ3v) is 6.71. The Morgan fingerprint density at radius 1 is 1.04 bits per heavy atom. The molecular weight excluding hydrogens is 316 g/mol. The molecule has 2 atom stereocenters. The molecule has 0 bridgehead atoms. The second kappa shape index (κ2) is 7.38. The maximum atomic E-state index is 6.00. The van der Waals surface area contributed by atoms with Crippen molar-refractivity contribution in [1.82, 2.24) is 9.27 Å². The second-order valence-corrected chi connectivity index (χ2v) is 8.14. The smallest absolute Gasteiger partial charge is 0.150 e. The standard InChI is InChI=1S/C19H28N4S/c20-13-15-5-1-2-6-16(15)14-22-9-11-23(12-10-22)19-17-7-3-4-8-18(17)24-21-19/h3-4,7-8,15-16H,1-2,5-6,9-14,20H2/t15-,16-/m0/s1. The first-order chi connectivity index (χ1) is 11.8. The fourth-order valence-electron chi connectivity index (χ4n) is 4.41. The van der Waals surface area contributed by atoms with Crippen LogP contribution in [0.2, 0.25) is 0 Å². The minimum atomic E-state index is 0.749. The van der Waals surface area contributed by atoms with E-state index < -0.39 is 0 Å². The maximum Gasteiger partial charge on any atom is 0.150 e. The normalized spacial score (nSPS) is 26.1. The highest BCUT2D eigenvalue weighted by molar-refractivity contribution is 7.13. The summed E-state index contributed by atoms with van der Waals surface area (Å²) in [6, 6.07) is 8.59. The number of piperazine rings is 1. The monoisotopic (exact) mass is 344 g/mol. The molecule has 2 N–H and O–H groups in total. The van der Waals surface area contributed by atoms with Crippen LogP contribution >= 0.6 is 11.5 Å². The van der Waals surface area contributed by atoms with Gasteiger partial charge in [-0.25, -0.2) is 0 Å². The molecule has 0 spiro atoms. The van der Waals surface area contributed by atoms with Gasteiger partial charge >= 0.3 is 0 Å². The summed E-state index contributed by atoms with van der Waals surface area (Å²) in [4.78, 5) is 5.13. The molecule has 0 radical (unpaired) electrons. The fourth-order valence-corrected chi connectivity index (χ4v) is 5.21. The molecule has 1 aliphatic carbocycles. The van der Waals surface area contributed by atoms with Crippen molar-refractivity contribution < 1.29 is 0 Å². The second-order valence-electron chi connectivity index (χ2n) is 7.33. The van der Waals surface area contributed by atoms with E-state index in [-0.39, 0.29) is 0 Å². The number of nitrogens with zero attached hydrogens (tertiary/aromatic N) is 3. The predicted molar refractivity (Wildman–Crippen MR) is 103 cm³/mol. The largest absolute Gasteiger partial charge is 0.353 e. The number of fused-ring (bicyclic) bond motifs is 1. The molecule has 4 rings (SSSR count). The van der Waals surface area contributed by atoms with Gasteiger partial charge in [0, 0.05) is 38.1 Å². The first kappa shape index (κ1) is 16.3. The Balaban J connectivity index is 1.36. The summed E-state index contributed by atoms with van der Waals surface area (Å²) in [6.45, 7) is 6.60. The summed E-state index contributed by atoms with van der Waals surface area (Å²) in [7, 11) is 0. The molecule has 0 amide bonds. The molecule has 2 aromatic rings. The van der Waals surface area contributed by atoms with E-state index >= 15 is 0 Å². The summed E-state index contributed by atoms with van der Waals surface area (Å²) < 4.78 is 6.01. The molecule has 2 aliphatic rings. The lowest BCUT2D eigenvalue weighted by Crippen LogP contribution is -2.49. The zero-order valence-electron chi connectivity index (χ0n) is 14.4. The van der Waals surface area contributed by atoms with E-state index in [4.69, 9.17) is 10.1 Å². The lowest BCUT2D eigenvalue weighted by atomic mass is 9.79. The molecule has 2 heterocycles. The third kappa shape index (κ3) is 3.30. The summed E-state index contributed by atoms with van der Waals surface area (Å²) in [5.74, 6) is 2.75. The van der Waals surface area contributed by atoms with Crippen LogP contribution in [0.3, 0.4) is 0 Å². The number of nitrogens with two attached hydrogens (primary N) is 1. The molecule has 5 heteroatoms. The zero-order chi connectivity index (χ0) is 16.4. The highest BCUT2D eigenvalue weighted by Crippen LogP contribution is 2.32. The van der Waals surface area contributed by atoms with Gasteiger partial charge in [-0.2, -0.15) is 4.37 Å². The van der Waals surface area contributed by atoms with Gasteiger partial charge in [-0.15, -0.1) is 0 Å². The third-order valence-electron chi connectivity index (χ3n) is 5.89. The average Bonchev–Trinajstić information content (AvgIpc) is 3.07. The number of benzene rings is 1. The molecule has 2 fully saturated rings. The van der Waals surface area contributed by atoms with E-state index in [1.165, 1.54) is 48.1 Å². The Morgan fingerprint density at radius 2 is 1.79 bits per heavy atom. The van der Waals surface area contributed by atoms with Crippen LogP contribution in [0, 0.1) is 11.8 Å². The summed E-state index contributed by atoms with van der Waals surface area (Å²) in [5.41, 5.74) is 6.00. The molecule has 4 nitrogen and oxygen atoms in total. The lowest BCUT2D eigenvalue weighted by Gasteiger charge is -2.39. The minimum absolute atomic E-state index is 0.749. The van der Waals surface area contributed by atoms with Crippen molar-refractivity contribution in [3.63, 3.8) is 0 Å². The molecule has 0 unspecified atom stereocenters. The van der Waals surface area contributed by atoms with Crippen LogP contribution in [0.4, 0.5) is 5.82 Å². The van der Waals surface area contributed by atoms with Gasteiger partial charge < -0.3 is 10.6 Å². The van der Waals surface area contributed by atoms with E-state index in [0.29, 0.717) is 0 Å². The molecule has 24 heavy (non-hydrogen) atoms. The van der Waals surface area contributed by atoms with Crippen LogP contribution < -0.4 is 10.6 Å². The lowest BCUT2D eigenvalue weighted by molar-refractivity contribution is 0.149. The predicted octanol–water partition coefficient (Wildman–Crippen LogP) is 3.18. The van der Waals surface area contributed by atoms with Crippen molar-refractivity contribution in [1.29, 1.82) is 0 Å². The van der Waals surface area contributed by atoms with Crippen LogP contribution in [0.25, 0.3) is 10.1 Å². The van der Waals surface area contributed by atoms with Crippen molar-refractivity contribution in [2.75, 3.05) is 44.2 Å². The number of aromatic nitrogens is 1. The van der Waals surface area contributed by atoms with Crippen molar-refractivity contribution in [2.45, 2.75) is 25.7 Å². The van der Waals surface area contributed by atoms with Crippen molar-refractivity contribution in [3.05, 3.63) is 24.3 Å². The van der Waals surface area contributed by atoms with Crippen molar-refractivity contribution >= 4 is 27.4 Å². The Morgan fingerprint density at radius 3 is 2.58 bits per heavy atom. The van der Waals surface area contributed by atoms with Gasteiger partial charge in [0.2, 0.25) is 0 Å². The molecular formula is C19H28N4S. The van der Waals surface area contributed by atoms with E-state index in [1.807, 2.05) is 0 Å². The van der Waals surface area contributed by atoms with Gasteiger partial charge in [0.15, 0.2) is 0 Å². The average molecular weight is 345 g/mol. The van der Waals surface area contributed by atoms with Crippen LogP contribution in [-0.4, -0.2) is 48.5 Å². The van der Waals surface area contributed by atoms with Gasteiger partial charge in [0.05, 0.1) is 4.70 Å². The van der Waals surface area contributed by atoms with Gasteiger partial charge in [-0.1, -0.05) is 25.0 Å². The highest BCUT2D eigenvalue weighted by Gasteiger charge is 2.28. The summed E-state index contributed by atoms with van der Waals surface area (Å²) in [5, 5.41) is 1.31. The highest BCUT2D eigenvalue weighted by atomic mass is 32.1. The SMILES string of the molecule is NC[C@@H]1CCCC[C@H]1CN1CCN(c2nsc3ccccc23)CC1. The van der Waals surface area contributed by atoms with E-state index in [2.05, 4.69) is 34.1 Å². The van der Waals surface area contributed by atoms with Gasteiger partial charge in [-0.05, 0) is 54.9 Å². The molecule has 1 aliphatic heterocycles. The van der Waals surface area contributed by atoms with E-state index in [9.17, 15) is 0 Å². The Hall–Kier alpha value is -1.17. The topological polar surface area (TPSA) is 45.4 Å². The van der Waals surface area contributed by atoms with Crippen molar-refractivity contribution in [2.24, 2.45) is 17.6 Å². The molecule has 130 valence electrons. The number of rotatable bonds is 4. The Bertz CT molecular complexity index is 662. The van der Waals surface area contributed by atoms with Crippen LogP contribution in [0.5, 0.6) is 0 Å². The first-order valence-electron chi connectivity index (χ1n) is 9.37. The van der Waals surface area contributed by atoms with Gasteiger partial charge in [0.25, 0.3) is 0 Å². The maximum absolute atomic E-state index is 6.00. The Labute approximate surface area is 148 Å². The minimum Gasteiger partial charge on any atom is -0.353 e. The van der Waals surface area contributed by atoms with Gasteiger partial charge in [-0.3, -0.25) is 4.90 Å². The molecule has 1 aromatic heterocycles. The zero-order valence-corrected chi connectivity index (χ0v) is 15.2. The quantitative estimate of drug-likeness (QED) is 0.925. The summed E-state index contributed by atoms with van der Waals surface area (Å²) >= 11 is 1.62. The summed E-state index contributed by atoms with van der Waals surface area (Å²) in [6.07, 6.45) is 5.49. The van der Waals surface area contributed by atoms with E-state index in [1.54, 1.807) is 11.5 Å². The number of hydrogen-bond acceptors (Lipinski definition) is 5. The Kier molecular flexibility index (Phi) is 5.01. The van der Waals surface area contributed by atoms with Crippen LogP contribution in [0.1, 0.15) is 25.7 Å². The van der Waals surface area contributed by atoms with Crippen LogP contribution in [0.15, 0.2) is 24.3 Å². The number of anilines is 1. The molecule has 1 saturated heterocycles. The fraction of sp³-hybridized carbons (Fsp3) is 0.632. The van der Waals surface area contributed by atoms with Crippen LogP contribution in [-0.2, 0) is 0 Å². The van der Waals surface area contributed by atoms with Gasteiger partial charge in [0.1, 0.15) is 5.82 Å². The number of hydrogen-bond donors (Lipinski definition) is 1.